The number of amides is 1. The first-order valence-electron chi connectivity index (χ1n) is 9.46. The second-order valence-corrected chi connectivity index (χ2v) is 7.17. The van der Waals surface area contributed by atoms with Crippen molar-refractivity contribution in [2.75, 3.05) is 37.7 Å². The number of ether oxygens (including phenoxy) is 1. The van der Waals surface area contributed by atoms with Gasteiger partial charge in [0, 0.05) is 31.9 Å². The highest BCUT2D eigenvalue weighted by atomic mass is 16.6. The van der Waals surface area contributed by atoms with Crippen LogP contribution in [0, 0.1) is 12.8 Å². The minimum Gasteiger partial charge on any atom is -0.449 e. The van der Waals surface area contributed by atoms with Gasteiger partial charge in [-0.05, 0) is 30.9 Å². The number of aryl methyl sites for hydroxylation is 1. The van der Waals surface area contributed by atoms with Gasteiger partial charge in [0.25, 0.3) is 0 Å². The minimum absolute atomic E-state index is 0.129. The lowest BCUT2D eigenvalue weighted by Crippen LogP contribution is -2.49. The molecule has 1 aromatic carbocycles. The number of hydrogen-bond donors (Lipinski definition) is 0. The summed E-state index contributed by atoms with van der Waals surface area (Å²) in [4.78, 5) is 16.5. The van der Waals surface area contributed by atoms with Crippen LogP contribution in [-0.4, -0.2) is 43.8 Å². The second-order valence-electron chi connectivity index (χ2n) is 7.17. The molecule has 0 spiro atoms. The van der Waals surface area contributed by atoms with Crippen molar-refractivity contribution in [2.24, 2.45) is 5.92 Å². The van der Waals surface area contributed by atoms with E-state index in [2.05, 4.69) is 36.1 Å². The normalized spacial score (nSPS) is 19.4. The van der Waals surface area contributed by atoms with Crippen molar-refractivity contribution in [3.05, 3.63) is 29.8 Å². The van der Waals surface area contributed by atoms with Crippen LogP contribution < -0.4 is 4.90 Å². The Hall–Kier alpha value is -1.71. The fourth-order valence-corrected chi connectivity index (χ4v) is 3.93. The van der Waals surface area contributed by atoms with Gasteiger partial charge in [-0.3, -0.25) is 0 Å². The standard InChI is InChI=1S/C20H30N2O2/c1-17-7-5-6-10-19(17)21-12-14-22(15-13-21)20(23)24-16-11-18-8-3-2-4-9-18/h5-7,10,18H,2-4,8-9,11-16H2,1H3. The lowest BCUT2D eigenvalue weighted by atomic mass is 9.87. The highest BCUT2D eigenvalue weighted by Gasteiger charge is 2.23. The fourth-order valence-electron chi connectivity index (χ4n) is 3.93. The van der Waals surface area contributed by atoms with Crippen molar-refractivity contribution in [3.63, 3.8) is 0 Å². The van der Waals surface area contributed by atoms with Gasteiger partial charge in [-0.25, -0.2) is 4.79 Å². The molecule has 3 rings (SSSR count). The molecule has 1 aromatic rings. The van der Waals surface area contributed by atoms with Crippen LogP contribution in [0.1, 0.15) is 44.1 Å². The Labute approximate surface area is 145 Å². The van der Waals surface area contributed by atoms with E-state index in [9.17, 15) is 4.79 Å². The van der Waals surface area contributed by atoms with Gasteiger partial charge in [0.2, 0.25) is 0 Å². The molecule has 2 fully saturated rings. The van der Waals surface area contributed by atoms with Gasteiger partial charge in [0.1, 0.15) is 0 Å². The van der Waals surface area contributed by atoms with Crippen LogP contribution in [0.25, 0.3) is 0 Å². The van der Waals surface area contributed by atoms with E-state index < -0.39 is 0 Å². The summed E-state index contributed by atoms with van der Waals surface area (Å²) >= 11 is 0. The van der Waals surface area contributed by atoms with Gasteiger partial charge < -0.3 is 14.5 Å². The Morgan fingerprint density at radius 2 is 1.79 bits per heavy atom. The van der Waals surface area contributed by atoms with Crippen molar-refractivity contribution in [3.8, 4) is 0 Å². The van der Waals surface area contributed by atoms with E-state index in [1.165, 1.54) is 43.4 Å². The molecule has 4 nitrogen and oxygen atoms in total. The van der Waals surface area contributed by atoms with Gasteiger partial charge in [-0.15, -0.1) is 0 Å². The van der Waals surface area contributed by atoms with Crippen molar-refractivity contribution in [1.82, 2.24) is 4.90 Å². The highest BCUT2D eigenvalue weighted by molar-refractivity contribution is 5.68. The lowest BCUT2D eigenvalue weighted by molar-refractivity contribution is 0.0925. The van der Waals surface area contributed by atoms with E-state index in [4.69, 9.17) is 4.74 Å². The highest BCUT2D eigenvalue weighted by Crippen LogP contribution is 2.26. The fraction of sp³-hybridized carbons (Fsp3) is 0.650. The van der Waals surface area contributed by atoms with E-state index in [1.54, 1.807) is 0 Å². The Kier molecular flexibility index (Phi) is 6.00. The summed E-state index contributed by atoms with van der Waals surface area (Å²) in [5.41, 5.74) is 2.57. The van der Waals surface area contributed by atoms with Crippen LogP contribution in [0.5, 0.6) is 0 Å². The summed E-state index contributed by atoms with van der Waals surface area (Å²) in [6.45, 7) is 5.97. The zero-order chi connectivity index (χ0) is 16.8. The van der Waals surface area contributed by atoms with Crippen LogP contribution in [0.4, 0.5) is 10.5 Å². The molecule has 2 aliphatic rings. The molecule has 0 aromatic heterocycles. The van der Waals surface area contributed by atoms with Gasteiger partial charge >= 0.3 is 6.09 Å². The Bertz CT molecular complexity index is 532. The maximum absolute atomic E-state index is 12.2. The maximum atomic E-state index is 12.2. The van der Waals surface area contributed by atoms with Crippen LogP contribution in [0.2, 0.25) is 0 Å². The Morgan fingerprint density at radius 1 is 1.08 bits per heavy atom. The molecule has 0 unspecified atom stereocenters. The van der Waals surface area contributed by atoms with E-state index in [0.717, 1.165) is 38.5 Å². The quantitative estimate of drug-likeness (QED) is 0.828. The van der Waals surface area contributed by atoms with Gasteiger partial charge in [0.15, 0.2) is 0 Å². The zero-order valence-electron chi connectivity index (χ0n) is 14.9. The number of benzene rings is 1. The van der Waals surface area contributed by atoms with Crippen molar-refractivity contribution < 1.29 is 9.53 Å². The molecule has 24 heavy (non-hydrogen) atoms. The molecule has 1 saturated heterocycles. The predicted octanol–water partition coefficient (Wildman–Crippen LogP) is 4.22. The minimum atomic E-state index is -0.129. The topological polar surface area (TPSA) is 32.8 Å². The largest absolute Gasteiger partial charge is 0.449 e. The Morgan fingerprint density at radius 3 is 2.50 bits per heavy atom. The summed E-state index contributed by atoms with van der Waals surface area (Å²) < 4.78 is 5.52. The molecular weight excluding hydrogens is 300 g/mol. The molecule has 0 bridgehead atoms. The third kappa shape index (κ3) is 4.43. The average Bonchev–Trinajstić information content (AvgIpc) is 2.63. The predicted molar refractivity (Wildman–Crippen MR) is 97.5 cm³/mol. The SMILES string of the molecule is Cc1ccccc1N1CCN(C(=O)OCCC2CCCCC2)CC1. The molecule has 132 valence electrons. The molecule has 1 amide bonds. The molecule has 1 saturated carbocycles. The zero-order valence-corrected chi connectivity index (χ0v) is 14.9. The molecular formula is C20H30N2O2. The molecule has 4 heteroatoms. The van der Waals surface area contributed by atoms with E-state index >= 15 is 0 Å². The maximum Gasteiger partial charge on any atom is 0.409 e. The third-order valence-corrected chi connectivity index (χ3v) is 5.47. The number of anilines is 1. The summed E-state index contributed by atoms with van der Waals surface area (Å²) in [5, 5.41) is 0. The number of carbonyl (C=O) groups excluding carboxylic acids is 1. The molecule has 0 atom stereocenters. The van der Waals surface area contributed by atoms with E-state index in [1.807, 2.05) is 4.90 Å². The molecule has 1 aliphatic heterocycles. The number of hydrogen-bond acceptors (Lipinski definition) is 3. The molecule has 1 aliphatic carbocycles. The number of rotatable bonds is 4. The van der Waals surface area contributed by atoms with Crippen LogP contribution in [-0.2, 0) is 4.74 Å². The number of nitrogens with zero attached hydrogens (tertiary/aromatic N) is 2. The summed E-state index contributed by atoms with van der Waals surface area (Å²) in [6, 6.07) is 8.45. The van der Waals surface area contributed by atoms with Crippen molar-refractivity contribution >= 4 is 11.8 Å². The number of carbonyl (C=O) groups is 1. The Balaban J connectivity index is 1.39. The van der Waals surface area contributed by atoms with Gasteiger partial charge in [-0.1, -0.05) is 50.3 Å². The van der Waals surface area contributed by atoms with E-state index in [-0.39, 0.29) is 6.09 Å². The molecule has 0 radical (unpaired) electrons. The monoisotopic (exact) mass is 330 g/mol. The second kappa shape index (κ2) is 8.41. The first-order chi connectivity index (χ1) is 11.7. The summed E-state index contributed by atoms with van der Waals surface area (Å²) in [5.74, 6) is 0.768. The summed E-state index contributed by atoms with van der Waals surface area (Å²) in [6.07, 6.45) is 7.60. The molecule has 1 heterocycles. The lowest BCUT2D eigenvalue weighted by Gasteiger charge is -2.36. The summed E-state index contributed by atoms with van der Waals surface area (Å²) in [7, 11) is 0. The van der Waals surface area contributed by atoms with Crippen LogP contribution >= 0.6 is 0 Å². The average molecular weight is 330 g/mol. The van der Waals surface area contributed by atoms with E-state index in [0.29, 0.717) is 6.61 Å². The van der Waals surface area contributed by atoms with Gasteiger partial charge in [0.05, 0.1) is 6.61 Å². The first kappa shape index (κ1) is 17.1. The van der Waals surface area contributed by atoms with Crippen LogP contribution in [0.3, 0.4) is 0 Å². The first-order valence-corrected chi connectivity index (χ1v) is 9.46. The van der Waals surface area contributed by atoms with Crippen molar-refractivity contribution in [2.45, 2.75) is 45.4 Å². The van der Waals surface area contributed by atoms with Crippen molar-refractivity contribution in [1.29, 1.82) is 0 Å². The van der Waals surface area contributed by atoms with Gasteiger partial charge in [-0.2, -0.15) is 0 Å². The number of piperazine rings is 1. The third-order valence-electron chi connectivity index (χ3n) is 5.47. The molecule has 0 N–H and O–H groups in total. The van der Waals surface area contributed by atoms with Crippen LogP contribution in [0.15, 0.2) is 24.3 Å². The number of para-hydroxylation sites is 1. The smallest absolute Gasteiger partial charge is 0.409 e.